The zero-order valence-corrected chi connectivity index (χ0v) is 23.1. The number of piperidine rings is 1. The van der Waals surface area contributed by atoms with Crippen molar-refractivity contribution in [1.29, 1.82) is 0 Å². The normalized spacial score (nSPS) is 28.7. The fourth-order valence-electron chi connectivity index (χ4n) is 4.36. The van der Waals surface area contributed by atoms with E-state index in [1.807, 2.05) is 13.8 Å². The summed E-state index contributed by atoms with van der Waals surface area (Å²) in [5, 5.41) is 45.4. The van der Waals surface area contributed by atoms with Crippen LogP contribution in [0.4, 0.5) is 0 Å². The summed E-state index contributed by atoms with van der Waals surface area (Å²) in [5.41, 5.74) is 4.00. The van der Waals surface area contributed by atoms with Crippen LogP contribution in [0.2, 0.25) is 0 Å². The molecule has 2 saturated heterocycles. The smallest absolute Gasteiger partial charge is 0.224 e. The lowest BCUT2D eigenvalue weighted by Crippen LogP contribution is -2.64. The van der Waals surface area contributed by atoms with Gasteiger partial charge in [0, 0.05) is 45.3 Å². The van der Waals surface area contributed by atoms with Crippen molar-refractivity contribution < 1.29 is 39.2 Å². The van der Waals surface area contributed by atoms with Gasteiger partial charge in [-0.2, -0.15) is 5.10 Å². The van der Waals surface area contributed by atoms with Gasteiger partial charge in [-0.1, -0.05) is 0 Å². The highest BCUT2D eigenvalue weighted by Crippen LogP contribution is 2.22. The van der Waals surface area contributed by atoms with E-state index in [4.69, 9.17) is 9.47 Å². The average molecular weight is 559 g/mol. The van der Waals surface area contributed by atoms with E-state index in [-0.39, 0.29) is 30.5 Å². The van der Waals surface area contributed by atoms with Crippen LogP contribution in [-0.2, 0) is 23.9 Å². The predicted octanol–water partition coefficient (Wildman–Crippen LogP) is -1.95. The van der Waals surface area contributed by atoms with Gasteiger partial charge in [-0.05, 0) is 46.0 Å². The maximum atomic E-state index is 12.4. The highest BCUT2D eigenvalue weighted by Gasteiger charge is 2.45. The van der Waals surface area contributed by atoms with Gasteiger partial charge >= 0.3 is 0 Å². The molecule has 0 aliphatic carbocycles. The average Bonchev–Trinajstić information content (AvgIpc) is 2.90. The first-order chi connectivity index (χ1) is 18.6. The lowest BCUT2D eigenvalue weighted by molar-refractivity contribution is -0.270. The number of hydrogen-bond donors (Lipinski definition) is 8. The Hall–Kier alpha value is -2.36. The van der Waals surface area contributed by atoms with Crippen molar-refractivity contribution in [2.75, 3.05) is 32.8 Å². The van der Waals surface area contributed by atoms with Crippen LogP contribution in [0.25, 0.3) is 0 Å². The second-order valence-electron chi connectivity index (χ2n) is 10.2. The molecule has 0 radical (unpaired) electrons. The van der Waals surface area contributed by atoms with E-state index < -0.39 is 43.2 Å². The number of nitrogens with one attached hydrogen (secondary N) is 5. The number of nitrogens with zero attached hydrogens (tertiary/aromatic N) is 1. The zero-order valence-electron chi connectivity index (χ0n) is 23.1. The van der Waals surface area contributed by atoms with Gasteiger partial charge in [0.05, 0.1) is 18.7 Å². The summed E-state index contributed by atoms with van der Waals surface area (Å²) in [6.45, 7) is 6.31. The molecule has 0 spiro atoms. The van der Waals surface area contributed by atoms with Gasteiger partial charge in [0.25, 0.3) is 0 Å². The summed E-state index contributed by atoms with van der Waals surface area (Å²) >= 11 is 0. The van der Waals surface area contributed by atoms with E-state index in [1.165, 1.54) is 6.92 Å². The number of carbonyl (C=O) groups is 3. The highest BCUT2D eigenvalue weighted by atomic mass is 16.7. The Morgan fingerprint density at radius 1 is 1.03 bits per heavy atom. The fourth-order valence-corrected chi connectivity index (χ4v) is 4.36. The predicted molar refractivity (Wildman–Crippen MR) is 142 cm³/mol. The quantitative estimate of drug-likeness (QED) is 0.0634. The van der Waals surface area contributed by atoms with Crippen LogP contribution < -0.4 is 26.7 Å². The minimum atomic E-state index is -1.37. The van der Waals surface area contributed by atoms with Crippen molar-refractivity contribution in [3.05, 3.63) is 0 Å². The number of aliphatic hydroxyl groups is 3. The molecule has 0 aromatic heterocycles. The number of carbonyl (C=O) groups excluding carboxylic acids is 3. The molecule has 14 nitrogen and oxygen atoms in total. The van der Waals surface area contributed by atoms with E-state index in [0.717, 1.165) is 18.6 Å². The van der Waals surface area contributed by atoms with Crippen LogP contribution in [0, 0.1) is 5.92 Å². The van der Waals surface area contributed by atoms with Crippen LogP contribution in [-0.4, -0.2) is 108 Å². The molecule has 2 rings (SSSR count). The lowest BCUT2D eigenvalue weighted by Gasteiger charge is -2.42. The van der Waals surface area contributed by atoms with Crippen molar-refractivity contribution >= 4 is 23.4 Å². The number of ether oxygens (including phenoxy) is 2. The molecule has 7 unspecified atom stereocenters. The van der Waals surface area contributed by atoms with Crippen molar-refractivity contribution in [3.8, 4) is 0 Å². The number of aliphatic hydroxyl groups excluding tert-OH is 3. The number of hydrogen-bond acceptors (Lipinski definition) is 11. The van der Waals surface area contributed by atoms with Crippen molar-refractivity contribution in [2.45, 2.75) is 96.1 Å². The SMILES string of the molecule is CC(=O)NC1C(OCCCCC(=O)NCCCNC(=O)C2CCC(NN=C(C)C)NC2)OC(CO)C(O)C1O. The summed E-state index contributed by atoms with van der Waals surface area (Å²) < 4.78 is 11.1. The minimum absolute atomic E-state index is 0.0116. The van der Waals surface area contributed by atoms with Gasteiger partial charge in [0.2, 0.25) is 17.7 Å². The summed E-state index contributed by atoms with van der Waals surface area (Å²) in [6.07, 6.45) is -1.16. The zero-order chi connectivity index (χ0) is 28.8. The van der Waals surface area contributed by atoms with E-state index >= 15 is 0 Å². The number of unbranched alkanes of at least 4 members (excludes halogenated alkanes) is 1. The summed E-state index contributed by atoms with van der Waals surface area (Å²) in [7, 11) is 0. The highest BCUT2D eigenvalue weighted by molar-refractivity contribution is 5.79. The number of rotatable bonds is 15. The molecule has 8 N–H and O–H groups in total. The number of hydrazone groups is 1. The van der Waals surface area contributed by atoms with Crippen LogP contribution >= 0.6 is 0 Å². The largest absolute Gasteiger partial charge is 0.394 e. The second kappa shape index (κ2) is 17.4. The van der Waals surface area contributed by atoms with Crippen LogP contribution in [0.1, 0.15) is 59.3 Å². The monoisotopic (exact) mass is 558 g/mol. The molecule has 39 heavy (non-hydrogen) atoms. The molecule has 2 fully saturated rings. The Labute approximate surface area is 229 Å². The van der Waals surface area contributed by atoms with Gasteiger partial charge in [-0.15, -0.1) is 0 Å². The summed E-state index contributed by atoms with van der Waals surface area (Å²) in [5.74, 6) is -0.600. The van der Waals surface area contributed by atoms with E-state index in [0.29, 0.717) is 45.3 Å². The van der Waals surface area contributed by atoms with Gasteiger partial charge in [0.15, 0.2) is 6.29 Å². The van der Waals surface area contributed by atoms with E-state index in [1.54, 1.807) is 0 Å². The second-order valence-corrected chi connectivity index (χ2v) is 10.2. The molecule has 2 heterocycles. The molecule has 0 aromatic carbocycles. The Bertz CT molecular complexity index is 803. The lowest BCUT2D eigenvalue weighted by atomic mass is 9.97. The molecule has 0 bridgehead atoms. The Balaban J connectivity index is 1.54. The molecule has 0 aromatic rings. The van der Waals surface area contributed by atoms with Gasteiger partial charge in [-0.25, -0.2) is 0 Å². The number of amides is 3. The van der Waals surface area contributed by atoms with Crippen LogP contribution in [0.15, 0.2) is 5.10 Å². The van der Waals surface area contributed by atoms with Crippen molar-refractivity contribution in [3.63, 3.8) is 0 Å². The third-order valence-corrected chi connectivity index (χ3v) is 6.54. The molecule has 224 valence electrons. The van der Waals surface area contributed by atoms with E-state index in [2.05, 4.69) is 31.8 Å². The minimum Gasteiger partial charge on any atom is -0.394 e. The molecular formula is C25H46N6O8. The van der Waals surface area contributed by atoms with Gasteiger partial charge < -0.3 is 40.7 Å². The molecule has 3 amide bonds. The summed E-state index contributed by atoms with van der Waals surface area (Å²) in [6, 6.07) is -0.989. The maximum Gasteiger partial charge on any atom is 0.224 e. The Morgan fingerprint density at radius 3 is 2.41 bits per heavy atom. The molecule has 7 atom stereocenters. The third kappa shape index (κ3) is 11.7. The topological polar surface area (TPSA) is 203 Å². The molecular weight excluding hydrogens is 512 g/mol. The van der Waals surface area contributed by atoms with Crippen molar-refractivity contribution in [2.24, 2.45) is 11.0 Å². The van der Waals surface area contributed by atoms with Gasteiger partial charge in [-0.3, -0.25) is 25.1 Å². The van der Waals surface area contributed by atoms with Crippen LogP contribution in [0.3, 0.4) is 0 Å². The van der Waals surface area contributed by atoms with E-state index in [9.17, 15) is 29.7 Å². The maximum absolute atomic E-state index is 12.4. The Kier molecular flexibility index (Phi) is 14.6. The third-order valence-electron chi connectivity index (χ3n) is 6.54. The first kappa shape index (κ1) is 32.8. The molecule has 0 saturated carbocycles. The van der Waals surface area contributed by atoms with Crippen molar-refractivity contribution in [1.82, 2.24) is 26.7 Å². The summed E-state index contributed by atoms with van der Waals surface area (Å²) in [4.78, 5) is 35.9. The Morgan fingerprint density at radius 2 is 1.77 bits per heavy atom. The standard InChI is InChI=1S/C25H46N6O8/c1-15(2)30-31-19-9-8-17(13-28-19)24(37)27-11-6-10-26-20(34)7-4-5-12-38-25-21(29-16(3)33)23(36)22(35)18(14-32)39-25/h17-19,21-23,25,28,31-32,35-36H,4-14H2,1-3H3,(H,26,34)(H,27,37)(H,29,33). The molecule has 2 aliphatic rings. The van der Waals surface area contributed by atoms with Crippen LogP contribution in [0.5, 0.6) is 0 Å². The van der Waals surface area contributed by atoms with Gasteiger partial charge in [0.1, 0.15) is 24.4 Å². The molecule has 14 heteroatoms. The first-order valence-corrected chi connectivity index (χ1v) is 13.7. The molecule has 2 aliphatic heterocycles. The fraction of sp³-hybridized carbons (Fsp3) is 0.840. The first-order valence-electron chi connectivity index (χ1n) is 13.7.